The average molecular weight is 546 g/mol. The number of hydrogen-bond donors (Lipinski definition) is 3. The van der Waals surface area contributed by atoms with Gasteiger partial charge in [-0.1, -0.05) is 18.5 Å². The van der Waals surface area contributed by atoms with Crippen LogP contribution in [-0.4, -0.2) is 93.3 Å². The lowest BCUT2D eigenvalue weighted by molar-refractivity contribution is -0.131. The number of benzene rings is 2. The standard InChI is InChI=1S/C29H39BN6O4/c1-4-10-34(2)18-21-14-20(16-24(30)27(21)31)28(38)32-17-26(37)35-11-8-22(9-12-35)36-13-7-19-15-23(40-3)5-6-25(19)33-29(36)39/h5-6,14-16,22H,4,7-13,17-18,31H2,1-3H3,(H,32,38)(H,33,39). The molecule has 0 bridgehead atoms. The monoisotopic (exact) mass is 546 g/mol. The van der Waals surface area contributed by atoms with Crippen molar-refractivity contribution in [1.29, 1.82) is 0 Å². The van der Waals surface area contributed by atoms with E-state index in [0.717, 1.165) is 42.0 Å². The molecule has 1 fully saturated rings. The fourth-order valence-corrected chi connectivity index (χ4v) is 5.45. The minimum absolute atomic E-state index is 0.0388. The molecule has 4 N–H and O–H groups in total. The molecule has 212 valence electrons. The number of carbonyl (C=O) groups excluding carboxylic acids is 3. The first-order valence-corrected chi connectivity index (χ1v) is 13.9. The molecule has 0 aromatic heterocycles. The summed E-state index contributed by atoms with van der Waals surface area (Å²) in [5.41, 5.74) is 9.99. The highest BCUT2D eigenvalue weighted by atomic mass is 16.5. The Balaban J connectivity index is 1.28. The number of piperidine rings is 1. The van der Waals surface area contributed by atoms with Crippen molar-refractivity contribution in [2.24, 2.45) is 0 Å². The molecule has 2 aromatic rings. The van der Waals surface area contributed by atoms with Crippen molar-refractivity contribution in [3.05, 3.63) is 47.0 Å². The van der Waals surface area contributed by atoms with Gasteiger partial charge in [-0.2, -0.15) is 0 Å². The van der Waals surface area contributed by atoms with E-state index >= 15 is 0 Å². The Morgan fingerprint density at radius 3 is 2.65 bits per heavy atom. The number of hydrogen-bond acceptors (Lipinski definition) is 6. The first-order valence-electron chi connectivity index (χ1n) is 13.9. The predicted octanol–water partition coefficient (Wildman–Crippen LogP) is 1.72. The zero-order valence-corrected chi connectivity index (χ0v) is 23.7. The summed E-state index contributed by atoms with van der Waals surface area (Å²) in [7, 11) is 9.69. The lowest BCUT2D eigenvalue weighted by Crippen LogP contribution is -2.51. The molecule has 2 aliphatic heterocycles. The van der Waals surface area contributed by atoms with E-state index in [4.69, 9.17) is 18.3 Å². The van der Waals surface area contributed by atoms with Gasteiger partial charge in [-0.15, -0.1) is 0 Å². The highest BCUT2D eigenvalue weighted by Crippen LogP contribution is 2.27. The summed E-state index contributed by atoms with van der Waals surface area (Å²) < 4.78 is 5.32. The Morgan fingerprint density at radius 2 is 1.95 bits per heavy atom. The third-order valence-electron chi connectivity index (χ3n) is 7.70. The van der Waals surface area contributed by atoms with Gasteiger partial charge in [0.1, 0.15) is 13.6 Å². The minimum atomic E-state index is -0.369. The molecule has 0 unspecified atom stereocenters. The molecular formula is C29H39BN6O4. The number of nitrogens with zero attached hydrogens (tertiary/aromatic N) is 3. The summed E-state index contributed by atoms with van der Waals surface area (Å²) >= 11 is 0. The lowest BCUT2D eigenvalue weighted by Gasteiger charge is -2.38. The van der Waals surface area contributed by atoms with E-state index in [1.807, 2.05) is 30.1 Å². The number of nitrogens with one attached hydrogen (secondary N) is 2. The van der Waals surface area contributed by atoms with Crippen LogP contribution < -0.4 is 26.6 Å². The van der Waals surface area contributed by atoms with Crippen molar-refractivity contribution in [2.45, 2.75) is 45.2 Å². The smallest absolute Gasteiger partial charge is 0.322 e. The van der Waals surface area contributed by atoms with Gasteiger partial charge in [-0.25, -0.2) is 4.79 Å². The Kier molecular flexibility index (Phi) is 9.57. The molecule has 2 aliphatic rings. The van der Waals surface area contributed by atoms with Gasteiger partial charge in [-0.3, -0.25) is 9.59 Å². The number of ether oxygens (including phenoxy) is 1. The number of likely N-dealkylation sites (tertiary alicyclic amines) is 1. The summed E-state index contributed by atoms with van der Waals surface area (Å²) in [6.45, 7) is 5.10. The van der Waals surface area contributed by atoms with Crippen molar-refractivity contribution in [3.63, 3.8) is 0 Å². The molecule has 0 spiro atoms. The second-order valence-corrected chi connectivity index (χ2v) is 10.6. The zero-order chi connectivity index (χ0) is 28.8. The van der Waals surface area contributed by atoms with Crippen molar-refractivity contribution in [1.82, 2.24) is 20.0 Å². The van der Waals surface area contributed by atoms with Crippen molar-refractivity contribution in [2.75, 3.05) is 57.9 Å². The van der Waals surface area contributed by atoms with Crippen LogP contribution in [0.5, 0.6) is 5.75 Å². The maximum absolute atomic E-state index is 13.0. The van der Waals surface area contributed by atoms with Crippen molar-refractivity contribution >= 4 is 42.5 Å². The van der Waals surface area contributed by atoms with E-state index in [9.17, 15) is 14.4 Å². The van der Waals surface area contributed by atoms with Crippen LogP contribution in [0, 0.1) is 0 Å². The van der Waals surface area contributed by atoms with E-state index in [-0.39, 0.29) is 30.4 Å². The van der Waals surface area contributed by atoms with Gasteiger partial charge >= 0.3 is 6.03 Å². The quantitative estimate of drug-likeness (QED) is 0.326. The summed E-state index contributed by atoms with van der Waals surface area (Å²) in [6, 6.07) is 8.87. The number of urea groups is 1. The van der Waals surface area contributed by atoms with Crippen LogP contribution in [-0.2, 0) is 17.8 Å². The Labute approximate surface area is 237 Å². The van der Waals surface area contributed by atoms with Gasteiger partial charge in [0.15, 0.2) is 0 Å². The normalized spacial score (nSPS) is 15.8. The third-order valence-corrected chi connectivity index (χ3v) is 7.70. The van der Waals surface area contributed by atoms with Gasteiger partial charge < -0.3 is 35.8 Å². The molecule has 0 saturated carbocycles. The fourth-order valence-electron chi connectivity index (χ4n) is 5.45. The summed E-state index contributed by atoms with van der Waals surface area (Å²) in [5.74, 6) is 0.241. The molecular weight excluding hydrogens is 507 g/mol. The second-order valence-electron chi connectivity index (χ2n) is 10.6. The Hall–Kier alpha value is -3.73. The van der Waals surface area contributed by atoms with Crippen LogP contribution >= 0.6 is 0 Å². The van der Waals surface area contributed by atoms with Crippen LogP contribution in [0.25, 0.3) is 0 Å². The minimum Gasteiger partial charge on any atom is -0.497 e. The molecule has 2 aromatic carbocycles. The van der Waals surface area contributed by atoms with E-state index in [2.05, 4.69) is 22.5 Å². The van der Waals surface area contributed by atoms with Gasteiger partial charge in [0.2, 0.25) is 5.91 Å². The number of methoxy groups -OCH3 is 1. The first kappa shape index (κ1) is 29.3. The Morgan fingerprint density at radius 1 is 1.20 bits per heavy atom. The SMILES string of the molecule is [B]c1cc(C(=O)NCC(=O)N2CCC(N3CCc4cc(OC)ccc4NC3=O)CC2)cc(CN(C)CCC)c1N. The van der Waals surface area contributed by atoms with Crippen LogP contribution in [0.3, 0.4) is 0 Å². The number of carbonyl (C=O) groups is 3. The molecule has 10 nitrogen and oxygen atoms in total. The number of anilines is 2. The largest absolute Gasteiger partial charge is 0.497 e. The molecule has 2 heterocycles. The van der Waals surface area contributed by atoms with Gasteiger partial charge in [0.05, 0.1) is 13.7 Å². The zero-order valence-electron chi connectivity index (χ0n) is 23.7. The maximum Gasteiger partial charge on any atom is 0.322 e. The predicted molar refractivity (Wildman–Crippen MR) is 157 cm³/mol. The van der Waals surface area contributed by atoms with E-state index in [1.54, 1.807) is 24.1 Å². The van der Waals surface area contributed by atoms with E-state index in [0.29, 0.717) is 55.7 Å². The van der Waals surface area contributed by atoms with Gasteiger partial charge in [0.25, 0.3) is 5.91 Å². The summed E-state index contributed by atoms with van der Waals surface area (Å²) in [6.07, 6.45) is 3.08. The number of nitrogen functional groups attached to an aromatic ring is 1. The maximum atomic E-state index is 13.0. The second kappa shape index (κ2) is 13.1. The van der Waals surface area contributed by atoms with E-state index < -0.39 is 0 Å². The molecule has 40 heavy (non-hydrogen) atoms. The van der Waals surface area contributed by atoms with Crippen LogP contribution in [0.2, 0.25) is 0 Å². The molecule has 2 radical (unpaired) electrons. The molecule has 4 amide bonds. The average Bonchev–Trinajstić information content (AvgIpc) is 3.11. The number of amides is 4. The highest BCUT2D eigenvalue weighted by molar-refractivity contribution is 6.36. The molecule has 11 heteroatoms. The molecule has 1 saturated heterocycles. The number of nitrogens with two attached hydrogens (primary N) is 1. The van der Waals surface area contributed by atoms with Crippen LogP contribution in [0.4, 0.5) is 16.2 Å². The van der Waals surface area contributed by atoms with Crippen molar-refractivity contribution in [3.8, 4) is 5.75 Å². The van der Waals surface area contributed by atoms with Gasteiger partial charge in [-0.05, 0) is 74.7 Å². The van der Waals surface area contributed by atoms with E-state index in [1.165, 1.54) is 0 Å². The topological polar surface area (TPSA) is 120 Å². The molecule has 0 atom stereocenters. The van der Waals surface area contributed by atoms with Crippen LogP contribution in [0.1, 0.15) is 47.7 Å². The highest BCUT2D eigenvalue weighted by Gasteiger charge is 2.31. The van der Waals surface area contributed by atoms with Crippen LogP contribution in [0.15, 0.2) is 30.3 Å². The third kappa shape index (κ3) is 6.88. The summed E-state index contributed by atoms with van der Waals surface area (Å²) in [4.78, 5) is 44.5. The molecule has 0 aliphatic carbocycles. The van der Waals surface area contributed by atoms with Crippen molar-refractivity contribution < 1.29 is 19.1 Å². The summed E-state index contributed by atoms with van der Waals surface area (Å²) in [5, 5.41) is 5.75. The Bertz CT molecular complexity index is 1250. The fraction of sp³-hybridized carbons (Fsp3) is 0.483. The first-order chi connectivity index (χ1) is 19.2. The number of rotatable bonds is 9. The lowest BCUT2D eigenvalue weighted by atomic mass is 9.89. The molecule has 4 rings (SSSR count). The number of fused-ring (bicyclic) bond motifs is 1. The van der Waals surface area contributed by atoms with Gasteiger partial charge in [0, 0.05) is 49.2 Å².